The summed E-state index contributed by atoms with van der Waals surface area (Å²) in [5.41, 5.74) is 0.911. The molecule has 1 unspecified atom stereocenters. The number of sulfonamides is 1. The van der Waals surface area contributed by atoms with Crippen LogP contribution in [0.1, 0.15) is 18.6 Å². The van der Waals surface area contributed by atoms with E-state index in [-0.39, 0.29) is 4.90 Å². The predicted octanol–water partition coefficient (Wildman–Crippen LogP) is 3.30. The molecule has 6 heteroatoms. The van der Waals surface area contributed by atoms with E-state index in [1.165, 1.54) is 12.1 Å². The summed E-state index contributed by atoms with van der Waals surface area (Å²) in [5.74, 6) is 0. The van der Waals surface area contributed by atoms with Crippen LogP contribution >= 0.6 is 15.9 Å². The van der Waals surface area contributed by atoms with Gasteiger partial charge in [-0.15, -0.1) is 0 Å². The smallest absolute Gasteiger partial charge is 0.261 e. The molecule has 0 bridgehead atoms. The first-order valence-electron chi connectivity index (χ1n) is 5.95. The second-order valence-corrected chi connectivity index (χ2v) is 6.92. The van der Waals surface area contributed by atoms with Crippen LogP contribution in [0.15, 0.2) is 57.9 Å². The van der Waals surface area contributed by atoms with E-state index in [0.717, 1.165) is 0 Å². The molecule has 0 saturated heterocycles. The summed E-state index contributed by atoms with van der Waals surface area (Å²) in [6, 6.07) is 13.2. The maximum Gasteiger partial charge on any atom is 0.261 e. The zero-order valence-corrected chi connectivity index (χ0v) is 13.1. The lowest BCUT2D eigenvalue weighted by Gasteiger charge is -2.14. The largest absolute Gasteiger partial charge is 0.389 e. The lowest BCUT2D eigenvalue weighted by atomic mass is 10.1. The van der Waals surface area contributed by atoms with Crippen molar-refractivity contribution in [2.75, 3.05) is 4.72 Å². The molecule has 0 amide bonds. The number of anilines is 1. The van der Waals surface area contributed by atoms with E-state index in [9.17, 15) is 13.5 Å². The molecule has 0 aromatic heterocycles. The van der Waals surface area contributed by atoms with Gasteiger partial charge in [-0.3, -0.25) is 4.72 Å². The van der Waals surface area contributed by atoms with Gasteiger partial charge in [0.2, 0.25) is 0 Å². The van der Waals surface area contributed by atoms with Gasteiger partial charge in [0.15, 0.2) is 0 Å². The normalized spacial score (nSPS) is 12.9. The molecule has 106 valence electrons. The third-order valence-electron chi connectivity index (χ3n) is 2.76. The third-order valence-corrected chi connectivity index (χ3v) is 4.62. The zero-order chi connectivity index (χ0) is 14.8. The molecule has 4 nitrogen and oxygen atoms in total. The van der Waals surface area contributed by atoms with Gasteiger partial charge in [0, 0.05) is 10.0 Å². The Labute approximate surface area is 126 Å². The molecule has 0 heterocycles. The molecule has 0 aliphatic carbocycles. The Bertz CT molecular complexity index is 714. The average molecular weight is 356 g/mol. The molecular weight excluding hydrogens is 342 g/mol. The van der Waals surface area contributed by atoms with Crippen molar-refractivity contribution < 1.29 is 13.5 Å². The van der Waals surface area contributed by atoms with Crippen LogP contribution in [0.25, 0.3) is 0 Å². The van der Waals surface area contributed by atoms with Gasteiger partial charge in [0.25, 0.3) is 10.0 Å². The Morgan fingerprint density at radius 3 is 2.50 bits per heavy atom. The van der Waals surface area contributed by atoms with Crippen molar-refractivity contribution in [1.82, 2.24) is 0 Å². The van der Waals surface area contributed by atoms with Gasteiger partial charge in [-0.1, -0.05) is 40.2 Å². The highest BCUT2D eigenvalue weighted by atomic mass is 79.9. The number of benzene rings is 2. The first-order chi connectivity index (χ1) is 9.40. The van der Waals surface area contributed by atoms with Crippen LogP contribution in [0, 0.1) is 0 Å². The Morgan fingerprint density at radius 2 is 1.85 bits per heavy atom. The maximum atomic E-state index is 12.3. The van der Waals surface area contributed by atoms with E-state index < -0.39 is 16.1 Å². The molecule has 2 aromatic rings. The number of rotatable bonds is 4. The first-order valence-corrected chi connectivity index (χ1v) is 8.23. The van der Waals surface area contributed by atoms with Crippen molar-refractivity contribution >= 4 is 31.6 Å². The average Bonchev–Trinajstić information content (AvgIpc) is 2.38. The van der Waals surface area contributed by atoms with Crippen molar-refractivity contribution in [2.24, 2.45) is 0 Å². The number of halogens is 1. The van der Waals surface area contributed by atoms with E-state index in [2.05, 4.69) is 20.7 Å². The number of para-hydroxylation sites is 1. The lowest BCUT2D eigenvalue weighted by Crippen LogP contribution is -2.14. The minimum Gasteiger partial charge on any atom is -0.389 e. The van der Waals surface area contributed by atoms with Crippen molar-refractivity contribution in [3.8, 4) is 0 Å². The Balaban J connectivity index is 2.39. The number of nitrogens with one attached hydrogen (secondary N) is 1. The summed E-state index contributed by atoms with van der Waals surface area (Å²) in [4.78, 5) is 0.160. The van der Waals surface area contributed by atoms with E-state index in [1.807, 2.05) is 0 Å². The van der Waals surface area contributed by atoms with Gasteiger partial charge in [0.1, 0.15) is 0 Å². The SMILES string of the molecule is CC(O)c1ccccc1NS(=O)(=O)c1cccc(Br)c1. The van der Waals surface area contributed by atoms with Crippen LogP contribution < -0.4 is 4.72 Å². The summed E-state index contributed by atoms with van der Waals surface area (Å²) in [5, 5.41) is 9.67. The minimum atomic E-state index is -3.68. The van der Waals surface area contributed by atoms with Crippen LogP contribution in [-0.4, -0.2) is 13.5 Å². The quantitative estimate of drug-likeness (QED) is 0.883. The lowest BCUT2D eigenvalue weighted by molar-refractivity contribution is 0.200. The Kier molecular flexibility index (Phi) is 4.47. The number of aliphatic hydroxyl groups is 1. The topological polar surface area (TPSA) is 66.4 Å². The monoisotopic (exact) mass is 355 g/mol. The summed E-state index contributed by atoms with van der Waals surface area (Å²) in [6.45, 7) is 1.59. The van der Waals surface area contributed by atoms with Crippen LogP contribution in [0.2, 0.25) is 0 Å². The molecule has 0 spiro atoms. The second-order valence-electron chi connectivity index (χ2n) is 4.33. The van der Waals surface area contributed by atoms with Crippen molar-refractivity contribution in [3.63, 3.8) is 0 Å². The fourth-order valence-electron chi connectivity index (χ4n) is 1.79. The summed E-state index contributed by atoms with van der Waals surface area (Å²) < 4.78 is 27.8. The molecule has 20 heavy (non-hydrogen) atoms. The Hall–Kier alpha value is -1.37. The number of aliphatic hydroxyl groups excluding tert-OH is 1. The minimum absolute atomic E-state index is 0.160. The van der Waals surface area contributed by atoms with E-state index in [1.54, 1.807) is 43.3 Å². The fourth-order valence-corrected chi connectivity index (χ4v) is 3.48. The van der Waals surface area contributed by atoms with Crippen molar-refractivity contribution in [1.29, 1.82) is 0 Å². The van der Waals surface area contributed by atoms with Crippen LogP contribution in [0.5, 0.6) is 0 Å². The molecule has 2 aromatic carbocycles. The highest BCUT2D eigenvalue weighted by Crippen LogP contribution is 2.25. The Morgan fingerprint density at radius 1 is 1.15 bits per heavy atom. The maximum absolute atomic E-state index is 12.3. The molecule has 1 atom stereocenters. The van der Waals surface area contributed by atoms with Gasteiger partial charge < -0.3 is 5.11 Å². The molecule has 2 rings (SSSR count). The number of hydrogen-bond donors (Lipinski definition) is 2. The molecule has 2 N–H and O–H groups in total. The summed E-state index contributed by atoms with van der Waals surface area (Å²) >= 11 is 3.25. The molecule has 0 fully saturated rings. The van der Waals surface area contributed by atoms with E-state index in [0.29, 0.717) is 15.7 Å². The van der Waals surface area contributed by atoms with Gasteiger partial charge in [0.05, 0.1) is 16.7 Å². The molecule has 0 saturated carbocycles. The highest BCUT2D eigenvalue weighted by molar-refractivity contribution is 9.10. The molecule has 0 aliphatic rings. The van der Waals surface area contributed by atoms with Crippen LogP contribution in [0.4, 0.5) is 5.69 Å². The summed E-state index contributed by atoms with van der Waals surface area (Å²) in [7, 11) is -3.68. The van der Waals surface area contributed by atoms with Gasteiger partial charge in [-0.2, -0.15) is 0 Å². The predicted molar refractivity (Wildman–Crippen MR) is 82.0 cm³/mol. The zero-order valence-electron chi connectivity index (χ0n) is 10.7. The van der Waals surface area contributed by atoms with Crippen molar-refractivity contribution in [3.05, 3.63) is 58.6 Å². The van der Waals surface area contributed by atoms with Crippen molar-refractivity contribution in [2.45, 2.75) is 17.9 Å². The highest BCUT2D eigenvalue weighted by Gasteiger charge is 2.17. The molecular formula is C14H14BrNO3S. The van der Waals surface area contributed by atoms with E-state index >= 15 is 0 Å². The van der Waals surface area contributed by atoms with Gasteiger partial charge in [-0.05, 0) is 31.2 Å². The van der Waals surface area contributed by atoms with Gasteiger partial charge in [-0.25, -0.2) is 8.42 Å². The second kappa shape index (κ2) is 5.95. The van der Waals surface area contributed by atoms with Crippen LogP contribution in [-0.2, 0) is 10.0 Å². The van der Waals surface area contributed by atoms with E-state index in [4.69, 9.17) is 0 Å². The fraction of sp³-hybridized carbons (Fsp3) is 0.143. The van der Waals surface area contributed by atoms with Gasteiger partial charge >= 0.3 is 0 Å². The molecule has 0 radical (unpaired) electrons. The first kappa shape index (κ1) is 15.0. The molecule has 0 aliphatic heterocycles. The standard InChI is InChI=1S/C14H14BrNO3S/c1-10(17)13-7-2-3-8-14(13)16-20(18,19)12-6-4-5-11(15)9-12/h2-10,16-17H,1H3. The number of hydrogen-bond acceptors (Lipinski definition) is 3. The van der Waals surface area contributed by atoms with Crippen LogP contribution in [0.3, 0.4) is 0 Å². The summed E-state index contributed by atoms with van der Waals surface area (Å²) in [6.07, 6.45) is -0.753. The third kappa shape index (κ3) is 3.39.